The molecule has 0 aromatic heterocycles. The summed E-state index contributed by atoms with van der Waals surface area (Å²) in [5, 5.41) is 0. The molecule has 2 nitrogen and oxygen atoms in total. The van der Waals surface area contributed by atoms with Crippen molar-refractivity contribution in [2.75, 3.05) is 14.2 Å². The summed E-state index contributed by atoms with van der Waals surface area (Å²) in [6.45, 7) is 4.32. The van der Waals surface area contributed by atoms with E-state index in [0.717, 1.165) is 12.8 Å². The van der Waals surface area contributed by atoms with Gasteiger partial charge in [0.1, 0.15) is 0 Å². The second-order valence-corrected chi connectivity index (χ2v) is 8.62. The predicted molar refractivity (Wildman–Crippen MR) is 53.0 cm³/mol. The molecule has 0 saturated heterocycles. The highest BCUT2D eigenvalue weighted by atomic mass is 79.9. The van der Waals surface area contributed by atoms with Gasteiger partial charge in [0.05, 0.1) is 0 Å². The van der Waals surface area contributed by atoms with Gasteiger partial charge in [-0.25, -0.2) is 0 Å². The first-order chi connectivity index (χ1) is 5.14. The Labute approximate surface area is 78.1 Å². The Morgan fingerprint density at radius 2 is 1.55 bits per heavy atom. The van der Waals surface area contributed by atoms with Crippen molar-refractivity contribution in [1.82, 2.24) is 0 Å². The van der Waals surface area contributed by atoms with Crippen LogP contribution in [0.3, 0.4) is 0 Å². The molecule has 0 fully saturated rings. The molecule has 0 atom stereocenters. The SMILES string of the molecule is CCC(CC)[Si](Br)(OC)OC. The largest absolute Gasteiger partial charge is 0.416 e. The van der Waals surface area contributed by atoms with Crippen LogP contribution in [-0.2, 0) is 8.85 Å². The van der Waals surface area contributed by atoms with E-state index in [0.29, 0.717) is 5.54 Å². The van der Waals surface area contributed by atoms with Crippen LogP contribution in [0.1, 0.15) is 26.7 Å². The minimum Gasteiger partial charge on any atom is -0.390 e. The molecule has 0 saturated carbocycles. The van der Waals surface area contributed by atoms with Crippen molar-refractivity contribution in [3.8, 4) is 0 Å². The van der Waals surface area contributed by atoms with Crippen LogP contribution in [0.2, 0.25) is 5.54 Å². The van der Waals surface area contributed by atoms with Crippen molar-refractivity contribution in [1.29, 1.82) is 0 Å². The summed E-state index contributed by atoms with van der Waals surface area (Å²) in [4.78, 5) is 0. The number of rotatable bonds is 5. The lowest BCUT2D eigenvalue weighted by Gasteiger charge is -2.27. The minimum atomic E-state index is -2.01. The topological polar surface area (TPSA) is 18.5 Å². The molecular weight excluding hydrogens is 224 g/mol. The van der Waals surface area contributed by atoms with Crippen LogP contribution in [0, 0.1) is 0 Å². The Bertz CT molecular complexity index is 103. The highest BCUT2D eigenvalue weighted by Gasteiger charge is 2.40. The predicted octanol–water partition coefficient (Wildman–Crippen LogP) is 2.80. The van der Waals surface area contributed by atoms with Crippen molar-refractivity contribution in [3.05, 3.63) is 0 Å². The summed E-state index contributed by atoms with van der Waals surface area (Å²) in [5.74, 6) is 0. The standard InChI is InChI=1S/C7H17BrO2Si/c1-5-7(6-2)11(8,9-3)10-4/h7H,5-6H2,1-4H3. The molecule has 0 radical (unpaired) electrons. The summed E-state index contributed by atoms with van der Waals surface area (Å²) in [6, 6.07) is 0. The lowest BCUT2D eigenvalue weighted by molar-refractivity contribution is 0.254. The quantitative estimate of drug-likeness (QED) is 0.544. The van der Waals surface area contributed by atoms with E-state index in [2.05, 4.69) is 29.1 Å². The van der Waals surface area contributed by atoms with E-state index in [4.69, 9.17) is 8.85 Å². The molecule has 68 valence electrons. The zero-order valence-corrected chi connectivity index (χ0v) is 10.3. The zero-order valence-electron chi connectivity index (χ0n) is 7.69. The van der Waals surface area contributed by atoms with Gasteiger partial charge in [0.15, 0.2) is 0 Å². The first kappa shape index (κ1) is 11.6. The van der Waals surface area contributed by atoms with Gasteiger partial charge in [0.25, 0.3) is 0 Å². The van der Waals surface area contributed by atoms with Gasteiger partial charge in [-0.1, -0.05) is 42.0 Å². The lowest BCUT2D eigenvalue weighted by atomic mass is 10.3. The van der Waals surface area contributed by atoms with Gasteiger partial charge >= 0.3 is 7.18 Å². The summed E-state index contributed by atoms with van der Waals surface area (Å²) in [7, 11) is 1.41. The molecule has 0 amide bonds. The van der Waals surface area contributed by atoms with Crippen molar-refractivity contribution in [3.63, 3.8) is 0 Å². The Morgan fingerprint density at radius 1 is 1.18 bits per heavy atom. The highest BCUT2D eigenvalue weighted by molar-refractivity contribution is 9.25. The molecule has 0 spiro atoms. The molecule has 0 aliphatic rings. The maximum Gasteiger partial charge on any atom is 0.416 e. The number of halogens is 1. The fourth-order valence-corrected chi connectivity index (χ4v) is 4.94. The van der Waals surface area contributed by atoms with E-state index < -0.39 is 7.18 Å². The Morgan fingerprint density at radius 3 is 1.64 bits per heavy atom. The molecule has 0 aliphatic heterocycles. The molecule has 11 heavy (non-hydrogen) atoms. The van der Waals surface area contributed by atoms with Crippen LogP contribution in [0.25, 0.3) is 0 Å². The van der Waals surface area contributed by atoms with Gasteiger partial charge in [-0.15, -0.1) is 0 Å². The molecule has 0 aromatic rings. The van der Waals surface area contributed by atoms with Crippen molar-refractivity contribution >= 4 is 22.5 Å². The Kier molecular flexibility index (Phi) is 5.59. The normalized spacial score (nSPS) is 12.5. The molecule has 0 aliphatic carbocycles. The van der Waals surface area contributed by atoms with Crippen molar-refractivity contribution in [2.45, 2.75) is 32.2 Å². The molecule has 0 aromatic carbocycles. The lowest BCUT2D eigenvalue weighted by Crippen LogP contribution is -2.38. The summed E-state index contributed by atoms with van der Waals surface area (Å²) >= 11 is 3.56. The zero-order chi connectivity index (χ0) is 8.91. The van der Waals surface area contributed by atoms with E-state index in [-0.39, 0.29) is 0 Å². The van der Waals surface area contributed by atoms with Crippen molar-refractivity contribution in [2.24, 2.45) is 0 Å². The Balaban J connectivity index is 4.19. The fourth-order valence-electron chi connectivity index (χ4n) is 1.19. The van der Waals surface area contributed by atoms with E-state index in [1.54, 1.807) is 14.2 Å². The monoisotopic (exact) mass is 240 g/mol. The van der Waals surface area contributed by atoms with Crippen LogP contribution in [-0.4, -0.2) is 21.4 Å². The van der Waals surface area contributed by atoms with Crippen LogP contribution >= 0.6 is 15.3 Å². The van der Waals surface area contributed by atoms with E-state index in [1.165, 1.54) is 0 Å². The van der Waals surface area contributed by atoms with Crippen LogP contribution in [0.15, 0.2) is 0 Å². The molecular formula is C7H17BrO2Si. The number of hydrogen-bond donors (Lipinski definition) is 0. The average molecular weight is 241 g/mol. The highest BCUT2D eigenvalue weighted by Crippen LogP contribution is 2.34. The third-order valence-corrected chi connectivity index (χ3v) is 8.82. The third kappa shape index (κ3) is 2.85. The minimum absolute atomic E-state index is 0.539. The molecule has 0 heterocycles. The first-order valence-corrected chi connectivity index (χ1v) is 8.08. The van der Waals surface area contributed by atoms with Gasteiger partial charge in [-0.3, -0.25) is 0 Å². The van der Waals surface area contributed by atoms with Crippen LogP contribution in [0.4, 0.5) is 0 Å². The summed E-state index contributed by atoms with van der Waals surface area (Å²) in [5.41, 5.74) is 0.539. The van der Waals surface area contributed by atoms with E-state index in [9.17, 15) is 0 Å². The Hall–Kier alpha value is 0.617. The smallest absolute Gasteiger partial charge is 0.390 e. The maximum atomic E-state index is 5.36. The van der Waals surface area contributed by atoms with E-state index >= 15 is 0 Å². The fraction of sp³-hybridized carbons (Fsp3) is 1.00. The molecule has 0 unspecified atom stereocenters. The summed E-state index contributed by atoms with van der Waals surface area (Å²) < 4.78 is 10.7. The molecule has 0 bridgehead atoms. The van der Waals surface area contributed by atoms with Crippen molar-refractivity contribution < 1.29 is 8.85 Å². The average Bonchev–Trinajstić information content (AvgIpc) is 2.06. The number of hydrogen-bond acceptors (Lipinski definition) is 2. The third-order valence-electron chi connectivity index (χ3n) is 2.03. The second kappa shape index (κ2) is 5.30. The van der Waals surface area contributed by atoms with E-state index in [1.807, 2.05) is 0 Å². The van der Waals surface area contributed by atoms with Gasteiger partial charge in [0, 0.05) is 19.8 Å². The summed E-state index contributed by atoms with van der Waals surface area (Å²) in [6.07, 6.45) is 2.21. The van der Waals surface area contributed by atoms with Crippen LogP contribution in [0.5, 0.6) is 0 Å². The second-order valence-electron chi connectivity index (χ2n) is 2.50. The van der Waals surface area contributed by atoms with Gasteiger partial charge < -0.3 is 8.85 Å². The van der Waals surface area contributed by atoms with Gasteiger partial charge in [-0.2, -0.15) is 0 Å². The molecule has 0 rings (SSSR count). The van der Waals surface area contributed by atoms with Gasteiger partial charge in [-0.05, 0) is 0 Å². The molecule has 0 N–H and O–H groups in total. The molecule has 4 heteroatoms. The first-order valence-electron chi connectivity index (χ1n) is 3.93. The van der Waals surface area contributed by atoms with Gasteiger partial charge in [0.2, 0.25) is 0 Å². The van der Waals surface area contributed by atoms with Crippen LogP contribution < -0.4 is 0 Å². The maximum absolute atomic E-state index is 5.36.